The molecule has 0 bridgehead atoms. The highest BCUT2D eigenvalue weighted by molar-refractivity contribution is 4.95. The van der Waals surface area contributed by atoms with Crippen LogP contribution in [0.15, 0.2) is 0 Å². The third-order valence-electron chi connectivity index (χ3n) is 3.43. The zero-order valence-electron chi connectivity index (χ0n) is 12.0. The van der Waals surface area contributed by atoms with Gasteiger partial charge < -0.3 is 0 Å². The second kappa shape index (κ2) is 3.80. The van der Waals surface area contributed by atoms with Gasteiger partial charge in [0.15, 0.2) is 0 Å². The number of nitrogens with zero attached hydrogens (tertiary/aromatic N) is 3. The first-order chi connectivity index (χ1) is 7.69. The van der Waals surface area contributed by atoms with Crippen molar-refractivity contribution in [3.05, 3.63) is 11.6 Å². The Hall–Kier alpha value is -0.900. The summed E-state index contributed by atoms with van der Waals surface area (Å²) in [5.74, 6) is 2.40. The molecule has 0 amide bonds. The number of H-pyrrole nitrogens is 1. The number of hydrogen-bond donors (Lipinski definition) is 1. The molecule has 0 unspecified atom stereocenters. The third-order valence-corrected chi connectivity index (χ3v) is 3.43. The molecule has 0 fully saturated rings. The molecule has 1 aromatic heterocycles. The molecule has 17 heavy (non-hydrogen) atoms. The fourth-order valence-electron chi connectivity index (χ4n) is 2.35. The van der Waals surface area contributed by atoms with Crippen molar-refractivity contribution in [3.63, 3.8) is 0 Å². The molecule has 0 saturated carbocycles. The maximum Gasteiger partial charge on any atom is 0.282 e. The van der Waals surface area contributed by atoms with Gasteiger partial charge in [-0.05, 0) is 41.5 Å². The Morgan fingerprint density at radius 2 is 1.82 bits per heavy atom. The van der Waals surface area contributed by atoms with Crippen LogP contribution in [0.3, 0.4) is 0 Å². The molecule has 1 N–H and O–H groups in total. The predicted molar refractivity (Wildman–Crippen MR) is 67.6 cm³/mol. The standard InChI is InChI=1S/C13H24N4/c1-12(2,3)11-15-14-10-9-16(13(4,5)6)7-8-17(10)11/h7-9H2,1-6H3/p+1. The van der Waals surface area contributed by atoms with Gasteiger partial charge in [-0.3, -0.25) is 4.90 Å². The number of aromatic nitrogens is 3. The minimum absolute atomic E-state index is 0.110. The van der Waals surface area contributed by atoms with E-state index >= 15 is 0 Å². The summed E-state index contributed by atoms with van der Waals surface area (Å²) in [4.78, 5) is 2.49. The molecular weight excluding hydrogens is 212 g/mol. The smallest absolute Gasteiger partial charge is 0.282 e. The Morgan fingerprint density at radius 1 is 1.18 bits per heavy atom. The molecule has 0 aliphatic carbocycles. The van der Waals surface area contributed by atoms with Gasteiger partial charge in [0.1, 0.15) is 0 Å². The molecule has 0 atom stereocenters. The molecule has 1 aromatic rings. The highest BCUT2D eigenvalue weighted by Gasteiger charge is 2.36. The van der Waals surface area contributed by atoms with E-state index in [4.69, 9.17) is 0 Å². The van der Waals surface area contributed by atoms with Crippen molar-refractivity contribution < 1.29 is 4.57 Å². The molecule has 96 valence electrons. The van der Waals surface area contributed by atoms with Crippen molar-refractivity contribution in [3.8, 4) is 0 Å². The van der Waals surface area contributed by atoms with Crippen LogP contribution in [0.4, 0.5) is 0 Å². The van der Waals surface area contributed by atoms with E-state index in [2.05, 4.69) is 61.2 Å². The van der Waals surface area contributed by atoms with E-state index in [9.17, 15) is 0 Å². The molecular formula is C13H25N4+. The molecule has 4 heteroatoms. The van der Waals surface area contributed by atoms with Gasteiger partial charge in [0.05, 0.1) is 18.5 Å². The fraction of sp³-hybridized carbons (Fsp3) is 0.846. The van der Waals surface area contributed by atoms with Gasteiger partial charge in [-0.1, -0.05) is 0 Å². The Labute approximate surface area is 104 Å². The normalized spacial score (nSPS) is 18.2. The van der Waals surface area contributed by atoms with E-state index in [0.29, 0.717) is 0 Å². The highest BCUT2D eigenvalue weighted by atomic mass is 15.4. The Balaban J connectivity index is 2.28. The van der Waals surface area contributed by atoms with Crippen LogP contribution in [0.1, 0.15) is 53.2 Å². The van der Waals surface area contributed by atoms with Crippen LogP contribution >= 0.6 is 0 Å². The SMILES string of the molecule is CC(C)(C)c1n[nH]c2[n+]1CCN(C(C)(C)C)C2. The third kappa shape index (κ3) is 2.37. The second-order valence-electron chi connectivity index (χ2n) is 6.99. The van der Waals surface area contributed by atoms with Crippen LogP contribution in [-0.2, 0) is 18.5 Å². The van der Waals surface area contributed by atoms with Crippen LogP contribution in [-0.4, -0.2) is 27.2 Å². The molecule has 2 rings (SSSR count). The summed E-state index contributed by atoms with van der Waals surface area (Å²) >= 11 is 0. The lowest BCUT2D eigenvalue weighted by Crippen LogP contribution is -2.57. The van der Waals surface area contributed by atoms with Gasteiger partial charge in [0.2, 0.25) is 5.82 Å². The maximum atomic E-state index is 4.50. The van der Waals surface area contributed by atoms with Gasteiger partial charge in [-0.2, -0.15) is 0 Å². The minimum Gasteiger partial charge on any atom is -0.285 e. The van der Waals surface area contributed by atoms with Crippen LogP contribution in [0.2, 0.25) is 0 Å². The first-order valence-electron chi connectivity index (χ1n) is 6.42. The molecule has 1 aliphatic rings. The van der Waals surface area contributed by atoms with Gasteiger partial charge in [0, 0.05) is 17.2 Å². The number of hydrogen-bond acceptors (Lipinski definition) is 2. The zero-order chi connectivity index (χ0) is 12.8. The van der Waals surface area contributed by atoms with E-state index in [-0.39, 0.29) is 11.0 Å². The molecule has 2 heterocycles. The van der Waals surface area contributed by atoms with E-state index < -0.39 is 0 Å². The van der Waals surface area contributed by atoms with Crippen LogP contribution < -0.4 is 4.57 Å². The van der Waals surface area contributed by atoms with Crippen LogP contribution in [0.25, 0.3) is 0 Å². The number of rotatable bonds is 0. The molecule has 0 radical (unpaired) electrons. The summed E-state index contributed by atoms with van der Waals surface area (Å²) in [6.07, 6.45) is 0. The highest BCUT2D eigenvalue weighted by Crippen LogP contribution is 2.21. The van der Waals surface area contributed by atoms with Gasteiger partial charge in [-0.25, -0.2) is 4.57 Å². The fourth-order valence-corrected chi connectivity index (χ4v) is 2.35. The lowest BCUT2D eigenvalue weighted by Gasteiger charge is -2.36. The first kappa shape index (κ1) is 12.6. The van der Waals surface area contributed by atoms with E-state index in [0.717, 1.165) is 19.6 Å². The second-order valence-corrected chi connectivity index (χ2v) is 6.99. The average Bonchev–Trinajstić information content (AvgIpc) is 2.57. The monoisotopic (exact) mass is 237 g/mol. The number of fused-ring (bicyclic) bond motifs is 1. The average molecular weight is 237 g/mol. The van der Waals surface area contributed by atoms with E-state index in [1.54, 1.807) is 0 Å². The molecule has 4 nitrogen and oxygen atoms in total. The largest absolute Gasteiger partial charge is 0.285 e. The van der Waals surface area contributed by atoms with Gasteiger partial charge in [-0.15, -0.1) is 5.10 Å². The Morgan fingerprint density at radius 3 is 2.35 bits per heavy atom. The molecule has 0 spiro atoms. The van der Waals surface area contributed by atoms with Crippen molar-refractivity contribution in [1.82, 2.24) is 15.1 Å². The zero-order valence-corrected chi connectivity index (χ0v) is 12.0. The molecule has 0 saturated heterocycles. The predicted octanol–water partition coefficient (Wildman–Crippen LogP) is 1.61. The Kier molecular flexibility index (Phi) is 2.81. The van der Waals surface area contributed by atoms with Crippen LogP contribution in [0, 0.1) is 0 Å². The van der Waals surface area contributed by atoms with Crippen LogP contribution in [0.5, 0.6) is 0 Å². The van der Waals surface area contributed by atoms with E-state index in [1.165, 1.54) is 11.6 Å². The lowest BCUT2D eigenvalue weighted by molar-refractivity contribution is -0.722. The van der Waals surface area contributed by atoms with Crippen molar-refractivity contribution >= 4 is 0 Å². The molecule has 0 aromatic carbocycles. The van der Waals surface area contributed by atoms with Crippen molar-refractivity contribution in [2.75, 3.05) is 6.54 Å². The number of aromatic amines is 1. The number of nitrogens with one attached hydrogen (secondary N) is 1. The minimum atomic E-state index is 0.110. The van der Waals surface area contributed by atoms with Crippen molar-refractivity contribution in [2.45, 2.75) is 65.6 Å². The van der Waals surface area contributed by atoms with Gasteiger partial charge in [0.25, 0.3) is 5.82 Å². The topological polar surface area (TPSA) is 35.8 Å². The Bertz CT molecular complexity index is 406. The summed E-state index contributed by atoms with van der Waals surface area (Å²) in [6, 6.07) is 0. The summed E-state index contributed by atoms with van der Waals surface area (Å²) < 4.78 is 2.35. The summed E-state index contributed by atoms with van der Waals surface area (Å²) in [7, 11) is 0. The first-order valence-corrected chi connectivity index (χ1v) is 6.42. The van der Waals surface area contributed by atoms with Crippen molar-refractivity contribution in [1.29, 1.82) is 0 Å². The van der Waals surface area contributed by atoms with E-state index in [1.807, 2.05) is 0 Å². The van der Waals surface area contributed by atoms with Crippen molar-refractivity contribution in [2.24, 2.45) is 0 Å². The lowest BCUT2D eigenvalue weighted by atomic mass is 9.95. The maximum absolute atomic E-state index is 4.50. The quantitative estimate of drug-likeness (QED) is 0.696. The molecule has 1 aliphatic heterocycles. The summed E-state index contributed by atoms with van der Waals surface area (Å²) in [6.45, 7) is 16.6. The van der Waals surface area contributed by atoms with Gasteiger partial charge >= 0.3 is 0 Å². The summed E-state index contributed by atoms with van der Waals surface area (Å²) in [5, 5.41) is 7.70. The summed E-state index contributed by atoms with van der Waals surface area (Å²) in [5.41, 5.74) is 0.337.